The van der Waals surface area contributed by atoms with Gasteiger partial charge in [0, 0.05) is 23.6 Å². The largest absolute Gasteiger partial charge is 0.337 e. The summed E-state index contributed by atoms with van der Waals surface area (Å²) in [6.07, 6.45) is 1.03. The Labute approximate surface area is 134 Å². The Kier molecular flexibility index (Phi) is 5.18. The van der Waals surface area contributed by atoms with Crippen molar-refractivity contribution in [3.05, 3.63) is 69.2 Å². The van der Waals surface area contributed by atoms with E-state index in [0.717, 1.165) is 27.6 Å². The average Bonchev–Trinajstić information content (AvgIpc) is 2.46. The van der Waals surface area contributed by atoms with Gasteiger partial charge in [-0.15, -0.1) is 0 Å². The zero-order chi connectivity index (χ0) is 15.4. The van der Waals surface area contributed by atoms with Crippen LogP contribution in [-0.4, -0.2) is 17.9 Å². The van der Waals surface area contributed by atoms with Crippen LogP contribution in [0.4, 0.5) is 0 Å². The Morgan fingerprint density at radius 2 is 1.71 bits per heavy atom. The van der Waals surface area contributed by atoms with E-state index in [-0.39, 0.29) is 5.91 Å². The number of benzene rings is 2. The molecule has 0 saturated carbocycles. The molecule has 0 aliphatic carbocycles. The minimum absolute atomic E-state index is 0.0407. The first-order chi connectivity index (χ1) is 9.99. The number of nitrogens with zero attached hydrogens (tertiary/aromatic N) is 1. The molecule has 2 rings (SSSR count). The van der Waals surface area contributed by atoms with E-state index in [1.807, 2.05) is 32.2 Å². The Morgan fingerprint density at radius 3 is 2.29 bits per heavy atom. The fourth-order valence-corrected chi connectivity index (χ4v) is 2.91. The molecule has 0 saturated heterocycles. The number of hydrogen-bond acceptors (Lipinski definition) is 1. The minimum Gasteiger partial charge on any atom is -0.337 e. The van der Waals surface area contributed by atoms with Crippen LogP contribution in [0.15, 0.2) is 46.9 Å². The molecule has 0 aliphatic rings. The number of hydrogen-bond donors (Lipinski definition) is 0. The van der Waals surface area contributed by atoms with Gasteiger partial charge in [-0.25, -0.2) is 0 Å². The molecule has 0 unspecified atom stereocenters. The third-order valence-electron chi connectivity index (χ3n) is 3.49. The second-order valence-corrected chi connectivity index (χ2v) is 6.26. The molecule has 1 amide bonds. The van der Waals surface area contributed by atoms with Crippen LogP contribution >= 0.6 is 15.9 Å². The van der Waals surface area contributed by atoms with Gasteiger partial charge < -0.3 is 4.90 Å². The molecule has 2 nitrogen and oxygen atoms in total. The lowest BCUT2D eigenvalue weighted by Gasteiger charge is -2.18. The SMILES string of the molecule is CCc1ccc(CN(C)C(=O)c2cc(C)cc(Br)c2)cc1. The van der Waals surface area contributed by atoms with Crippen LogP contribution in [0.3, 0.4) is 0 Å². The topological polar surface area (TPSA) is 20.3 Å². The van der Waals surface area contributed by atoms with Gasteiger partial charge in [-0.2, -0.15) is 0 Å². The maximum Gasteiger partial charge on any atom is 0.253 e. The average molecular weight is 346 g/mol. The predicted octanol–water partition coefficient (Wildman–Crippen LogP) is 4.59. The predicted molar refractivity (Wildman–Crippen MR) is 90.5 cm³/mol. The number of aryl methyl sites for hydroxylation is 2. The van der Waals surface area contributed by atoms with Gasteiger partial charge in [0.1, 0.15) is 0 Å². The van der Waals surface area contributed by atoms with Gasteiger partial charge in [0.25, 0.3) is 5.91 Å². The summed E-state index contributed by atoms with van der Waals surface area (Å²) in [6.45, 7) is 4.75. The highest BCUT2D eigenvalue weighted by molar-refractivity contribution is 9.10. The van der Waals surface area contributed by atoms with E-state index in [0.29, 0.717) is 6.54 Å². The fraction of sp³-hybridized carbons (Fsp3) is 0.278. The highest BCUT2D eigenvalue weighted by Crippen LogP contribution is 2.17. The van der Waals surface area contributed by atoms with Gasteiger partial charge >= 0.3 is 0 Å². The minimum atomic E-state index is 0.0407. The molecule has 0 heterocycles. The Balaban J connectivity index is 2.11. The van der Waals surface area contributed by atoms with Crippen LogP contribution in [0, 0.1) is 6.92 Å². The summed E-state index contributed by atoms with van der Waals surface area (Å²) in [5.41, 5.74) is 4.26. The number of carbonyl (C=O) groups is 1. The van der Waals surface area contributed by atoms with Crippen molar-refractivity contribution in [2.75, 3.05) is 7.05 Å². The van der Waals surface area contributed by atoms with Gasteiger partial charge in [0.05, 0.1) is 0 Å². The van der Waals surface area contributed by atoms with Crippen LogP contribution in [0.5, 0.6) is 0 Å². The van der Waals surface area contributed by atoms with Crippen LogP contribution in [0.2, 0.25) is 0 Å². The van der Waals surface area contributed by atoms with E-state index < -0.39 is 0 Å². The van der Waals surface area contributed by atoms with Crippen molar-refractivity contribution in [3.8, 4) is 0 Å². The number of amides is 1. The van der Waals surface area contributed by atoms with E-state index in [4.69, 9.17) is 0 Å². The van der Waals surface area contributed by atoms with Crippen molar-refractivity contribution < 1.29 is 4.79 Å². The molecular weight excluding hydrogens is 326 g/mol. The van der Waals surface area contributed by atoms with Gasteiger partial charge in [0.15, 0.2) is 0 Å². The summed E-state index contributed by atoms with van der Waals surface area (Å²) in [5, 5.41) is 0. The first-order valence-corrected chi connectivity index (χ1v) is 7.89. The smallest absolute Gasteiger partial charge is 0.253 e. The standard InChI is InChI=1S/C18H20BrNO/c1-4-14-5-7-15(8-6-14)12-20(3)18(21)16-9-13(2)10-17(19)11-16/h5-11H,4,12H2,1-3H3. The molecule has 3 heteroatoms. The maximum absolute atomic E-state index is 12.5. The van der Waals surface area contributed by atoms with Gasteiger partial charge in [-0.05, 0) is 48.2 Å². The molecule has 0 bridgehead atoms. The van der Waals surface area contributed by atoms with Crippen LogP contribution in [0.1, 0.15) is 34.0 Å². The first-order valence-electron chi connectivity index (χ1n) is 7.10. The van der Waals surface area contributed by atoms with Gasteiger partial charge in [0.2, 0.25) is 0 Å². The first kappa shape index (κ1) is 15.8. The second kappa shape index (κ2) is 6.90. The molecule has 0 aliphatic heterocycles. The zero-order valence-corrected chi connectivity index (χ0v) is 14.3. The lowest BCUT2D eigenvalue weighted by atomic mass is 10.1. The number of carbonyl (C=O) groups excluding carboxylic acids is 1. The summed E-state index contributed by atoms with van der Waals surface area (Å²) in [4.78, 5) is 14.2. The van der Waals surface area contributed by atoms with Gasteiger partial charge in [-0.1, -0.05) is 47.1 Å². The summed E-state index contributed by atoms with van der Waals surface area (Å²) in [5.74, 6) is 0.0407. The summed E-state index contributed by atoms with van der Waals surface area (Å²) in [7, 11) is 1.84. The molecule has 110 valence electrons. The lowest BCUT2D eigenvalue weighted by Crippen LogP contribution is -2.26. The van der Waals surface area contributed by atoms with Crippen LogP contribution in [0.25, 0.3) is 0 Å². The summed E-state index contributed by atoms with van der Waals surface area (Å²) in [6, 6.07) is 14.2. The number of halogens is 1. The van der Waals surface area contributed by atoms with Crippen molar-refractivity contribution in [3.63, 3.8) is 0 Å². The second-order valence-electron chi connectivity index (χ2n) is 5.35. The van der Waals surface area contributed by atoms with Crippen molar-refractivity contribution in [1.82, 2.24) is 4.90 Å². The van der Waals surface area contributed by atoms with E-state index in [2.05, 4.69) is 47.1 Å². The van der Waals surface area contributed by atoms with Crippen molar-refractivity contribution in [2.45, 2.75) is 26.8 Å². The number of rotatable bonds is 4. The molecule has 2 aromatic carbocycles. The molecule has 0 fully saturated rings. The molecular formula is C18H20BrNO. The molecule has 0 radical (unpaired) electrons. The highest BCUT2D eigenvalue weighted by Gasteiger charge is 2.13. The zero-order valence-electron chi connectivity index (χ0n) is 12.7. The molecule has 0 aromatic heterocycles. The Morgan fingerprint density at radius 1 is 1.10 bits per heavy atom. The van der Waals surface area contributed by atoms with Gasteiger partial charge in [-0.3, -0.25) is 4.79 Å². The van der Waals surface area contributed by atoms with E-state index in [1.165, 1.54) is 5.56 Å². The molecule has 0 atom stereocenters. The monoisotopic (exact) mass is 345 g/mol. The summed E-state index contributed by atoms with van der Waals surface area (Å²) >= 11 is 3.44. The van der Waals surface area contributed by atoms with Crippen LogP contribution < -0.4 is 0 Å². The van der Waals surface area contributed by atoms with E-state index in [1.54, 1.807) is 4.90 Å². The summed E-state index contributed by atoms with van der Waals surface area (Å²) < 4.78 is 0.937. The van der Waals surface area contributed by atoms with Crippen molar-refractivity contribution in [1.29, 1.82) is 0 Å². The van der Waals surface area contributed by atoms with Crippen molar-refractivity contribution >= 4 is 21.8 Å². The third-order valence-corrected chi connectivity index (χ3v) is 3.94. The van der Waals surface area contributed by atoms with E-state index >= 15 is 0 Å². The fourth-order valence-electron chi connectivity index (χ4n) is 2.31. The highest BCUT2D eigenvalue weighted by atomic mass is 79.9. The Hall–Kier alpha value is -1.61. The van der Waals surface area contributed by atoms with Crippen LogP contribution in [-0.2, 0) is 13.0 Å². The molecule has 2 aromatic rings. The quantitative estimate of drug-likeness (QED) is 0.793. The maximum atomic E-state index is 12.5. The Bertz CT molecular complexity index is 614. The lowest BCUT2D eigenvalue weighted by molar-refractivity contribution is 0.0785. The van der Waals surface area contributed by atoms with Crippen molar-refractivity contribution in [2.24, 2.45) is 0 Å². The molecule has 21 heavy (non-hydrogen) atoms. The third kappa shape index (κ3) is 4.18. The molecule has 0 N–H and O–H groups in total. The normalized spacial score (nSPS) is 10.5. The molecule has 0 spiro atoms. The van der Waals surface area contributed by atoms with E-state index in [9.17, 15) is 4.79 Å².